The predicted octanol–water partition coefficient (Wildman–Crippen LogP) is 12.2. The Morgan fingerprint density at radius 3 is 1.32 bits per heavy atom. The molecule has 0 aliphatic carbocycles. The Bertz CT molecular complexity index is 2630. The Balaban J connectivity index is 1.13. The van der Waals surface area contributed by atoms with E-state index in [1.165, 1.54) is 44.0 Å². The minimum Gasteiger partial charge on any atom is -0.208 e. The third kappa shape index (κ3) is 5.72. The monoisotopic (exact) mass is 637 g/mol. The number of benzene rings is 8. The molecule has 9 aromatic rings. The summed E-state index contributed by atoms with van der Waals surface area (Å²) in [5, 5.41) is 4.72. The lowest BCUT2D eigenvalue weighted by molar-refractivity contribution is 1.07. The van der Waals surface area contributed by atoms with Gasteiger partial charge in [-0.05, 0) is 79.2 Å². The number of nitrogens with zero attached hydrogens (tertiary/aromatic N) is 3. The van der Waals surface area contributed by atoms with Crippen LogP contribution < -0.4 is 0 Å². The molecule has 0 aliphatic rings. The van der Waals surface area contributed by atoms with Gasteiger partial charge < -0.3 is 0 Å². The Kier molecular flexibility index (Phi) is 7.49. The fourth-order valence-corrected chi connectivity index (χ4v) is 6.72. The lowest BCUT2D eigenvalue weighted by Gasteiger charge is -2.12. The summed E-state index contributed by atoms with van der Waals surface area (Å²) in [5.74, 6) is 1.93. The van der Waals surface area contributed by atoms with Crippen LogP contribution >= 0.6 is 0 Å². The number of rotatable bonds is 6. The third-order valence-corrected chi connectivity index (χ3v) is 9.29. The van der Waals surface area contributed by atoms with Crippen molar-refractivity contribution in [1.82, 2.24) is 15.0 Å². The van der Waals surface area contributed by atoms with Gasteiger partial charge in [-0.15, -0.1) is 0 Å². The van der Waals surface area contributed by atoms with Gasteiger partial charge in [-0.3, -0.25) is 0 Å². The zero-order valence-corrected chi connectivity index (χ0v) is 27.2. The average Bonchev–Trinajstić information content (AvgIpc) is 3.21. The van der Waals surface area contributed by atoms with Gasteiger partial charge in [0.05, 0.1) is 0 Å². The van der Waals surface area contributed by atoms with Crippen LogP contribution in [-0.2, 0) is 0 Å². The fraction of sp³-hybridized carbons (Fsp3) is 0. The van der Waals surface area contributed by atoms with Crippen molar-refractivity contribution >= 4 is 21.5 Å². The van der Waals surface area contributed by atoms with E-state index in [9.17, 15) is 0 Å². The van der Waals surface area contributed by atoms with Crippen LogP contribution in [0.3, 0.4) is 0 Å². The number of aromatic nitrogens is 3. The standard InChI is InChI=1S/C47H31N3/c1-4-12-32(13-5-1)35-22-23-38-30-42(25-24-37(38)28-35)47-49-45(34-16-8-3-9-17-34)48-46(50-47)41-20-10-18-40(31-41)43-21-11-19-39-29-36(26-27-44(39)43)33-14-6-2-7-15-33/h1-31H. The van der Waals surface area contributed by atoms with E-state index in [0.29, 0.717) is 17.5 Å². The largest absolute Gasteiger partial charge is 0.208 e. The molecule has 1 aromatic heterocycles. The van der Waals surface area contributed by atoms with E-state index in [4.69, 9.17) is 15.0 Å². The highest BCUT2D eigenvalue weighted by molar-refractivity contribution is 5.99. The number of fused-ring (bicyclic) bond motifs is 2. The highest BCUT2D eigenvalue weighted by Gasteiger charge is 2.14. The van der Waals surface area contributed by atoms with E-state index in [0.717, 1.165) is 27.6 Å². The Morgan fingerprint density at radius 2 is 0.680 bits per heavy atom. The van der Waals surface area contributed by atoms with E-state index >= 15 is 0 Å². The zero-order valence-electron chi connectivity index (χ0n) is 27.2. The molecule has 1 heterocycles. The van der Waals surface area contributed by atoms with Crippen molar-refractivity contribution in [3.8, 4) is 67.5 Å². The molecule has 50 heavy (non-hydrogen) atoms. The minimum absolute atomic E-state index is 0.641. The van der Waals surface area contributed by atoms with E-state index < -0.39 is 0 Å². The molecule has 0 N–H and O–H groups in total. The molecule has 0 radical (unpaired) electrons. The van der Waals surface area contributed by atoms with Gasteiger partial charge >= 0.3 is 0 Å². The minimum atomic E-state index is 0.641. The number of hydrogen-bond acceptors (Lipinski definition) is 3. The van der Waals surface area contributed by atoms with Crippen LogP contribution in [0.5, 0.6) is 0 Å². The molecule has 0 bridgehead atoms. The van der Waals surface area contributed by atoms with Crippen molar-refractivity contribution in [2.75, 3.05) is 0 Å². The fourth-order valence-electron chi connectivity index (χ4n) is 6.72. The maximum Gasteiger partial charge on any atom is 0.164 e. The highest BCUT2D eigenvalue weighted by Crippen LogP contribution is 2.35. The molecule has 9 rings (SSSR count). The number of hydrogen-bond donors (Lipinski definition) is 0. The summed E-state index contributed by atoms with van der Waals surface area (Å²) in [6.07, 6.45) is 0. The summed E-state index contributed by atoms with van der Waals surface area (Å²) in [6, 6.07) is 65.9. The molecule has 3 heteroatoms. The van der Waals surface area contributed by atoms with Gasteiger partial charge in [0, 0.05) is 16.7 Å². The summed E-state index contributed by atoms with van der Waals surface area (Å²) in [4.78, 5) is 15.1. The summed E-state index contributed by atoms with van der Waals surface area (Å²) < 4.78 is 0. The normalized spacial score (nSPS) is 11.2. The van der Waals surface area contributed by atoms with Gasteiger partial charge in [-0.25, -0.2) is 15.0 Å². The summed E-state index contributed by atoms with van der Waals surface area (Å²) in [7, 11) is 0. The second-order valence-corrected chi connectivity index (χ2v) is 12.5. The summed E-state index contributed by atoms with van der Waals surface area (Å²) in [6.45, 7) is 0. The third-order valence-electron chi connectivity index (χ3n) is 9.29. The molecule has 234 valence electrons. The topological polar surface area (TPSA) is 38.7 Å². The van der Waals surface area contributed by atoms with Crippen molar-refractivity contribution in [3.63, 3.8) is 0 Å². The van der Waals surface area contributed by atoms with Gasteiger partial charge in [0.2, 0.25) is 0 Å². The maximum absolute atomic E-state index is 5.09. The second-order valence-electron chi connectivity index (χ2n) is 12.5. The van der Waals surface area contributed by atoms with E-state index in [1.54, 1.807) is 0 Å². The van der Waals surface area contributed by atoms with Gasteiger partial charge in [0.15, 0.2) is 17.5 Å². The molecule has 8 aromatic carbocycles. The van der Waals surface area contributed by atoms with E-state index in [2.05, 4.69) is 152 Å². The predicted molar refractivity (Wildman–Crippen MR) is 207 cm³/mol. The van der Waals surface area contributed by atoms with Crippen LogP contribution in [0.1, 0.15) is 0 Å². The molecule has 0 fully saturated rings. The lowest BCUT2D eigenvalue weighted by atomic mass is 9.94. The van der Waals surface area contributed by atoms with Crippen LogP contribution in [0.15, 0.2) is 188 Å². The molecule has 0 amide bonds. The Labute approximate surface area is 291 Å². The van der Waals surface area contributed by atoms with Gasteiger partial charge in [-0.2, -0.15) is 0 Å². The van der Waals surface area contributed by atoms with Crippen LogP contribution in [0.4, 0.5) is 0 Å². The Hall–Kier alpha value is -6.71. The zero-order chi connectivity index (χ0) is 33.3. The smallest absolute Gasteiger partial charge is 0.164 e. The van der Waals surface area contributed by atoms with Gasteiger partial charge in [0.1, 0.15) is 0 Å². The quantitative estimate of drug-likeness (QED) is 0.182. The molecule has 0 unspecified atom stereocenters. The van der Waals surface area contributed by atoms with Crippen molar-refractivity contribution in [2.45, 2.75) is 0 Å². The van der Waals surface area contributed by atoms with Crippen LogP contribution in [-0.4, -0.2) is 15.0 Å². The maximum atomic E-state index is 5.09. The molecule has 0 aliphatic heterocycles. The van der Waals surface area contributed by atoms with Crippen molar-refractivity contribution < 1.29 is 0 Å². The Morgan fingerprint density at radius 1 is 0.240 bits per heavy atom. The van der Waals surface area contributed by atoms with Gasteiger partial charge in [0.25, 0.3) is 0 Å². The van der Waals surface area contributed by atoms with Crippen molar-refractivity contribution in [3.05, 3.63) is 188 Å². The molecule has 0 atom stereocenters. The second kappa shape index (κ2) is 12.7. The molecule has 0 saturated heterocycles. The SMILES string of the molecule is c1ccc(-c2ccc3cc(-c4nc(-c5ccccc5)nc(-c5cccc(-c6cccc7cc(-c8ccccc8)ccc67)c5)n4)ccc3c2)cc1. The van der Waals surface area contributed by atoms with E-state index in [1.807, 2.05) is 36.4 Å². The van der Waals surface area contributed by atoms with Crippen LogP contribution in [0.2, 0.25) is 0 Å². The van der Waals surface area contributed by atoms with Crippen LogP contribution in [0.25, 0.3) is 89.1 Å². The van der Waals surface area contributed by atoms with Crippen molar-refractivity contribution in [2.24, 2.45) is 0 Å². The average molecular weight is 638 g/mol. The van der Waals surface area contributed by atoms with Crippen LogP contribution in [0, 0.1) is 0 Å². The molecule has 0 spiro atoms. The molecule has 0 saturated carbocycles. The van der Waals surface area contributed by atoms with E-state index in [-0.39, 0.29) is 0 Å². The first-order chi connectivity index (χ1) is 24.7. The van der Waals surface area contributed by atoms with Crippen molar-refractivity contribution in [1.29, 1.82) is 0 Å². The molecule has 3 nitrogen and oxygen atoms in total. The lowest BCUT2D eigenvalue weighted by Crippen LogP contribution is -2.00. The summed E-state index contributed by atoms with van der Waals surface area (Å²) in [5.41, 5.74) is 9.95. The first-order valence-corrected chi connectivity index (χ1v) is 16.9. The van der Waals surface area contributed by atoms with Gasteiger partial charge in [-0.1, -0.05) is 164 Å². The first-order valence-electron chi connectivity index (χ1n) is 16.9. The molecular weight excluding hydrogens is 607 g/mol. The first kappa shape index (κ1) is 29.4. The summed E-state index contributed by atoms with van der Waals surface area (Å²) >= 11 is 0. The highest BCUT2D eigenvalue weighted by atomic mass is 15.0. The molecular formula is C47H31N3.